The Morgan fingerprint density at radius 3 is 2.45 bits per heavy atom. The van der Waals surface area contributed by atoms with E-state index in [4.69, 9.17) is 12.2 Å². The molecule has 0 aromatic heterocycles. The first-order valence-corrected chi connectivity index (χ1v) is 7.93. The minimum atomic E-state index is -0.439. The van der Waals surface area contributed by atoms with E-state index >= 15 is 0 Å². The van der Waals surface area contributed by atoms with E-state index in [9.17, 15) is 10.1 Å². The maximum Gasteiger partial charge on any atom is 0.292 e. The summed E-state index contributed by atoms with van der Waals surface area (Å²) in [6.07, 6.45) is 8.09. The van der Waals surface area contributed by atoms with E-state index in [0.29, 0.717) is 5.69 Å². The van der Waals surface area contributed by atoms with Crippen LogP contribution in [0.1, 0.15) is 44.9 Å². The number of nitro benzene ring substituents is 1. The van der Waals surface area contributed by atoms with Gasteiger partial charge in [-0.1, -0.05) is 31.4 Å². The van der Waals surface area contributed by atoms with Gasteiger partial charge in [-0.05, 0) is 44.0 Å². The van der Waals surface area contributed by atoms with Crippen molar-refractivity contribution in [1.82, 2.24) is 5.43 Å². The molecule has 7 heteroatoms. The number of nitrogens with zero attached hydrogens (tertiary/aromatic N) is 2. The van der Waals surface area contributed by atoms with Gasteiger partial charge in [0.25, 0.3) is 5.69 Å². The summed E-state index contributed by atoms with van der Waals surface area (Å²) in [5.74, 6) is 0. The van der Waals surface area contributed by atoms with Crippen molar-refractivity contribution in [3.63, 3.8) is 0 Å². The lowest BCUT2D eigenvalue weighted by Crippen LogP contribution is -2.25. The number of nitrogens with one attached hydrogen (secondary N) is 2. The quantitative estimate of drug-likeness (QED) is 0.500. The highest BCUT2D eigenvalue weighted by atomic mass is 32.1. The lowest BCUT2D eigenvalue weighted by Gasteiger charge is -2.12. The van der Waals surface area contributed by atoms with Crippen molar-refractivity contribution in [2.45, 2.75) is 44.9 Å². The Labute approximate surface area is 135 Å². The highest BCUT2D eigenvalue weighted by Gasteiger charge is 2.13. The maximum absolute atomic E-state index is 11.0. The van der Waals surface area contributed by atoms with Gasteiger partial charge in [0.05, 0.1) is 4.92 Å². The van der Waals surface area contributed by atoms with Crippen LogP contribution in [0.25, 0.3) is 0 Å². The lowest BCUT2D eigenvalue weighted by atomic mass is 9.99. The zero-order chi connectivity index (χ0) is 15.8. The fraction of sp³-hybridized carbons (Fsp3) is 0.467. The van der Waals surface area contributed by atoms with Crippen LogP contribution in [0, 0.1) is 10.1 Å². The molecule has 2 N–H and O–H groups in total. The first-order chi connectivity index (χ1) is 10.7. The van der Waals surface area contributed by atoms with E-state index in [2.05, 4.69) is 15.8 Å². The molecule has 0 atom stereocenters. The molecule has 1 saturated carbocycles. The van der Waals surface area contributed by atoms with Crippen molar-refractivity contribution in [3.05, 3.63) is 34.4 Å². The van der Waals surface area contributed by atoms with Crippen molar-refractivity contribution in [3.8, 4) is 0 Å². The summed E-state index contributed by atoms with van der Waals surface area (Å²) >= 11 is 5.16. The van der Waals surface area contributed by atoms with Crippen LogP contribution in [0.2, 0.25) is 0 Å². The molecular weight excluding hydrogens is 300 g/mol. The second-order valence-electron chi connectivity index (χ2n) is 5.29. The van der Waals surface area contributed by atoms with Crippen molar-refractivity contribution in [2.24, 2.45) is 5.10 Å². The predicted molar refractivity (Wildman–Crippen MR) is 92.2 cm³/mol. The van der Waals surface area contributed by atoms with Gasteiger partial charge in [0, 0.05) is 11.8 Å². The summed E-state index contributed by atoms with van der Waals surface area (Å²) in [7, 11) is 0. The molecule has 0 saturated heterocycles. The molecule has 1 aromatic carbocycles. The number of benzene rings is 1. The standard InChI is InChI=1S/C15H20N4O2S/c20-19(21)14-11-7-6-10-13(14)16-15(22)18-17-12-8-4-2-1-3-5-9-12/h6-7,10-11H,1-5,8-9H2,(H2,16,18,22). The van der Waals surface area contributed by atoms with Crippen LogP contribution < -0.4 is 10.7 Å². The molecule has 0 amide bonds. The molecule has 1 aromatic rings. The zero-order valence-electron chi connectivity index (χ0n) is 12.4. The summed E-state index contributed by atoms with van der Waals surface area (Å²) in [4.78, 5) is 10.5. The molecule has 6 nitrogen and oxygen atoms in total. The Morgan fingerprint density at radius 1 is 1.14 bits per heavy atom. The van der Waals surface area contributed by atoms with Gasteiger partial charge in [0.15, 0.2) is 5.11 Å². The number of rotatable bonds is 3. The van der Waals surface area contributed by atoms with Gasteiger partial charge in [0.2, 0.25) is 0 Å². The van der Waals surface area contributed by atoms with E-state index in [1.807, 2.05) is 0 Å². The normalized spacial score (nSPS) is 15.4. The van der Waals surface area contributed by atoms with E-state index in [1.54, 1.807) is 18.2 Å². The lowest BCUT2D eigenvalue weighted by molar-refractivity contribution is -0.383. The minimum absolute atomic E-state index is 0.00902. The molecule has 0 bridgehead atoms. The molecule has 1 aliphatic carbocycles. The van der Waals surface area contributed by atoms with E-state index < -0.39 is 4.92 Å². The number of thiocarbonyl (C=S) groups is 1. The van der Waals surface area contributed by atoms with Crippen LogP contribution in [0.15, 0.2) is 29.4 Å². The van der Waals surface area contributed by atoms with Gasteiger partial charge in [-0.25, -0.2) is 0 Å². The van der Waals surface area contributed by atoms with Crippen LogP contribution in [0.3, 0.4) is 0 Å². The van der Waals surface area contributed by atoms with Crippen molar-refractivity contribution in [2.75, 3.05) is 5.32 Å². The molecule has 0 heterocycles. The monoisotopic (exact) mass is 320 g/mol. The average Bonchev–Trinajstić information content (AvgIpc) is 2.46. The van der Waals surface area contributed by atoms with Crippen LogP contribution in [0.4, 0.5) is 11.4 Å². The Balaban J connectivity index is 1.94. The summed E-state index contributed by atoms with van der Waals surface area (Å²) < 4.78 is 0. The topological polar surface area (TPSA) is 79.6 Å². The molecule has 1 aliphatic rings. The Hall–Kier alpha value is -2.02. The molecule has 0 radical (unpaired) electrons. The fourth-order valence-corrected chi connectivity index (χ4v) is 2.60. The molecule has 1 fully saturated rings. The number of hydrazone groups is 1. The highest BCUT2D eigenvalue weighted by Crippen LogP contribution is 2.23. The van der Waals surface area contributed by atoms with Crippen molar-refractivity contribution in [1.29, 1.82) is 0 Å². The number of anilines is 1. The summed E-state index contributed by atoms with van der Waals surface area (Å²) in [5.41, 5.74) is 4.27. The maximum atomic E-state index is 11.0. The van der Waals surface area contributed by atoms with Crippen LogP contribution in [0.5, 0.6) is 0 Å². The largest absolute Gasteiger partial charge is 0.326 e. The first kappa shape index (κ1) is 16.4. The summed E-state index contributed by atoms with van der Waals surface area (Å²) in [6.45, 7) is 0. The number of hydrogen-bond donors (Lipinski definition) is 2. The van der Waals surface area contributed by atoms with E-state index in [-0.39, 0.29) is 10.8 Å². The van der Waals surface area contributed by atoms with Gasteiger partial charge >= 0.3 is 0 Å². The van der Waals surface area contributed by atoms with Crippen molar-refractivity contribution >= 4 is 34.4 Å². The smallest absolute Gasteiger partial charge is 0.292 e. The van der Waals surface area contributed by atoms with Gasteiger partial charge in [-0.3, -0.25) is 15.5 Å². The average molecular weight is 320 g/mol. The van der Waals surface area contributed by atoms with Gasteiger partial charge in [-0.2, -0.15) is 5.10 Å². The van der Waals surface area contributed by atoms with Crippen LogP contribution in [-0.2, 0) is 0 Å². The molecule has 118 valence electrons. The van der Waals surface area contributed by atoms with Crippen LogP contribution >= 0.6 is 12.2 Å². The molecule has 2 rings (SSSR count). The molecule has 0 unspecified atom stereocenters. The Bertz CT molecular complexity index is 564. The third-order valence-corrected chi connectivity index (χ3v) is 3.79. The van der Waals surface area contributed by atoms with Crippen molar-refractivity contribution < 1.29 is 4.92 Å². The second-order valence-corrected chi connectivity index (χ2v) is 5.69. The molecule has 0 aliphatic heterocycles. The number of hydrogen-bond acceptors (Lipinski definition) is 4. The predicted octanol–water partition coefficient (Wildman–Crippen LogP) is 3.98. The fourth-order valence-electron chi connectivity index (χ4n) is 2.44. The molecule has 0 spiro atoms. The summed E-state index contributed by atoms with van der Waals surface area (Å²) in [5, 5.41) is 18.4. The molecule has 22 heavy (non-hydrogen) atoms. The number of nitro groups is 1. The Kier molecular flexibility index (Phi) is 6.27. The molecular formula is C15H20N4O2S. The van der Waals surface area contributed by atoms with Crippen LogP contribution in [-0.4, -0.2) is 15.7 Å². The van der Waals surface area contributed by atoms with Gasteiger partial charge in [-0.15, -0.1) is 0 Å². The third-order valence-electron chi connectivity index (χ3n) is 3.60. The Morgan fingerprint density at radius 2 is 1.77 bits per heavy atom. The van der Waals surface area contributed by atoms with Gasteiger partial charge in [0.1, 0.15) is 5.69 Å². The van der Waals surface area contributed by atoms with E-state index in [0.717, 1.165) is 31.4 Å². The SMILES string of the molecule is O=[N+]([O-])c1ccccc1NC(=S)NN=C1CCCCCCC1. The third kappa shape index (κ3) is 5.07. The summed E-state index contributed by atoms with van der Waals surface area (Å²) in [6, 6.07) is 6.40. The van der Waals surface area contributed by atoms with Gasteiger partial charge < -0.3 is 5.32 Å². The second kappa shape index (κ2) is 8.43. The number of para-hydroxylation sites is 2. The highest BCUT2D eigenvalue weighted by molar-refractivity contribution is 7.80. The minimum Gasteiger partial charge on any atom is -0.326 e. The first-order valence-electron chi connectivity index (χ1n) is 7.52. The van der Waals surface area contributed by atoms with E-state index in [1.165, 1.54) is 25.3 Å². The zero-order valence-corrected chi connectivity index (χ0v) is 13.2.